The number of halogens is 2. The maximum atomic E-state index is 12.5. The van der Waals surface area contributed by atoms with Gasteiger partial charge in [-0.15, -0.1) is 0 Å². The van der Waals surface area contributed by atoms with Gasteiger partial charge < -0.3 is 5.11 Å². The van der Waals surface area contributed by atoms with E-state index in [9.17, 15) is 13.9 Å². The monoisotopic (exact) mass is 205 g/mol. The van der Waals surface area contributed by atoms with Crippen LogP contribution in [0.1, 0.15) is 6.92 Å². The maximum absolute atomic E-state index is 12.5. The average Bonchev–Trinajstić information content (AvgIpc) is 2.69. The molecule has 0 bridgehead atoms. The van der Waals surface area contributed by atoms with Crippen molar-refractivity contribution in [3.63, 3.8) is 0 Å². The van der Waals surface area contributed by atoms with Crippen molar-refractivity contribution in [3.8, 4) is 0 Å². The summed E-state index contributed by atoms with van der Waals surface area (Å²) in [6, 6.07) is 0. The van der Waals surface area contributed by atoms with E-state index in [4.69, 9.17) is 0 Å². The van der Waals surface area contributed by atoms with Gasteiger partial charge in [-0.05, 0) is 0 Å². The van der Waals surface area contributed by atoms with Crippen LogP contribution in [0, 0.1) is 5.41 Å². The number of aromatic nitrogens is 3. The van der Waals surface area contributed by atoms with E-state index in [0.717, 1.165) is 0 Å². The van der Waals surface area contributed by atoms with Gasteiger partial charge in [-0.25, -0.2) is 4.98 Å². The average molecular weight is 205 g/mol. The van der Waals surface area contributed by atoms with E-state index in [1.54, 1.807) is 0 Å². The highest BCUT2D eigenvalue weighted by Crippen LogP contribution is 2.23. The molecule has 4 nitrogen and oxygen atoms in total. The Bertz CT molecular complexity index is 262. The van der Waals surface area contributed by atoms with Gasteiger partial charge in [0.2, 0.25) is 0 Å². The highest BCUT2D eigenvalue weighted by molar-refractivity contribution is 4.81. The second-order valence-corrected chi connectivity index (χ2v) is 3.55. The minimum absolute atomic E-state index is 0.0460. The molecule has 1 N–H and O–H groups in total. The van der Waals surface area contributed by atoms with E-state index in [1.807, 2.05) is 0 Å². The molecule has 0 amide bonds. The lowest BCUT2D eigenvalue weighted by molar-refractivity contribution is -0.0108. The van der Waals surface area contributed by atoms with Crippen LogP contribution in [0.25, 0.3) is 0 Å². The van der Waals surface area contributed by atoms with Gasteiger partial charge in [-0.1, -0.05) is 6.92 Å². The first kappa shape index (κ1) is 11.0. The Balaban J connectivity index is 2.60. The van der Waals surface area contributed by atoms with E-state index in [1.165, 1.54) is 24.3 Å². The Hall–Kier alpha value is -1.04. The number of rotatable bonds is 5. The van der Waals surface area contributed by atoms with Gasteiger partial charge in [-0.2, -0.15) is 5.10 Å². The van der Waals surface area contributed by atoms with Crippen molar-refractivity contribution in [1.29, 1.82) is 0 Å². The molecular formula is C8H13F2N3O. The number of aliphatic hydroxyl groups excluding tert-OH is 1. The van der Waals surface area contributed by atoms with Gasteiger partial charge in [0.1, 0.15) is 12.7 Å². The van der Waals surface area contributed by atoms with Gasteiger partial charge >= 0.3 is 0 Å². The SMILES string of the molecule is CC(CF)(CF)C(O)Cn1cncn1. The Morgan fingerprint density at radius 1 is 1.50 bits per heavy atom. The van der Waals surface area contributed by atoms with Crippen molar-refractivity contribution >= 4 is 0 Å². The predicted octanol–water partition coefficient (Wildman–Crippen LogP) is 0.584. The molecule has 0 spiro atoms. The first-order valence-electron chi connectivity index (χ1n) is 4.25. The molecule has 1 unspecified atom stereocenters. The zero-order valence-corrected chi connectivity index (χ0v) is 7.90. The Morgan fingerprint density at radius 2 is 2.14 bits per heavy atom. The summed E-state index contributed by atoms with van der Waals surface area (Å²) in [6.07, 6.45) is 1.58. The summed E-state index contributed by atoms with van der Waals surface area (Å²) in [5.74, 6) is 0. The van der Waals surface area contributed by atoms with Crippen LogP contribution >= 0.6 is 0 Å². The van der Waals surface area contributed by atoms with Crippen molar-refractivity contribution in [2.45, 2.75) is 19.6 Å². The molecule has 1 aromatic heterocycles. The van der Waals surface area contributed by atoms with Gasteiger partial charge in [0.15, 0.2) is 0 Å². The third-order valence-corrected chi connectivity index (χ3v) is 2.24. The number of hydrogen-bond acceptors (Lipinski definition) is 3. The zero-order valence-electron chi connectivity index (χ0n) is 7.90. The van der Waals surface area contributed by atoms with Gasteiger partial charge in [0.05, 0.1) is 31.4 Å². The molecule has 1 atom stereocenters. The first-order chi connectivity index (χ1) is 6.62. The maximum Gasteiger partial charge on any atom is 0.137 e. The summed E-state index contributed by atoms with van der Waals surface area (Å²) < 4.78 is 26.3. The van der Waals surface area contributed by atoms with Gasteiger partial charge in [0, 0.05) is 0 Å². The fourth-order valence-corrected chi connectivity index (χ4v) is 0.938. The molecule has 80 valence electrons. The lowest BCUT2D eigenvalue weighted by Crippen LogP contribution is -2.39. The predicted molar refractivity (Wildman–Crippen MR) is 46.1 cm³/mol. The normalized spacial score (nSPS) is 14.3. The van der Waals surface area contributed by atoms with Crippen LogP contribution in [-0.4, -0.2) is 39.3 Å². The minimum atomic E-state index is -1.36. The fourth-order valence-electron chi connectivity index (χ4n) is 0.938. The van der Waals surface area contributed by atoms with Crippen molar-refractivity contribution in [2.75, 3.05) is 13.3 Å². The van der Waals surface area contributed by atoms with Crippen molar-refractivity contribution in [3.05, 3.63) is 12.7 Å². The van der Waals surface area contributed by atoms with Crippen LogP contribution in [0.2, 0.25) is 0 Å². The molecule has 0 saturated heterocycles. The lowest BCUT2D eigenvalue weighted by atomic mass is 9.87. The largest absolute Gasteiger partial charge is 0.390 e. The summed E-state index contributed by atoms with van der Waals surface area (Å²) in [7, 11) is 0. The van der Waals surface area contributed by atoms with Crippen LogP contribution in [-0.2, 0) is 6.54 Å². The lowest BCUT2D eigenvalue weighted by Gasteiger charge is -2.28. The molecule has 6 heteroatoms. The summed E-state index contributed by atoms with van der Waals surface area (Å²) in [4.78, 5) is 3.66. The quantitative estimate of drug-likeness (QED) is 0.765. The van der Waals surface area contributed by atoms with Crippen LogP contribution < -0.4 is 0 Å². The molecule has 0 fully saturated rings. The molecule has 1 rings (SSSR count). The fraction of sp³-hybridized carbons (Fsp3) is 0.750. The van der Waals surface area contributed by atoms with Crippen LogP contribution in [0.3, 0.4) is 0 Å². The summed E-state index contributed by atoms with van der Waals surface area (Å²) >= 11 is 0. The molecule has 14 heavy (non-hydrogen) atoms. The number of alkyl halides is 2. The summed E-state index contributed by atoms with van der Waals surface area (Å²) in [5.41, 5.74) is -1.36. The second-order valence-electron chi connectivity index (χ2n) is 3.55. The number of aliphatic hydroxyl groups is 1. The van der Waals surface area contributed by atoms with Crippen LogP contribution in [0.4, 0.5) is 8.78 Å². The Kier molecular flexibility index (Phi) is 3.51. The van der Waals surface area contributed by atoms with Gasteiger partial charge in [-0.3, -0.25) is 13.5 Å². The molecule has 0 aromatic carbocycles. The second kappa shape index (κ2) is 4.45. The molecule has 1 heterocycles. The number of hydrogen-bond donors (Lipinski definition) is 1. The summed E-state index contributed by atoms with van der Waals surface area (Å²) in [5, 5.41) is 13.3. The molecule has 0 saturated carbocycles. The molecular weight excluding hydrogens is 192 g/mol. The standard InChI is InChI=1S/C8H13F2N3O/c1-8(3-9,4-10)7(14)2-13-6-11-5-12-13/h5-7,14H,2-4H2,1H3. The number of nitrogens with zero attached hydrogens (tertiary/aromatic N) is 3. The van der Waals surface area contributed by atoms with Crippen LogP contribution in [0.15, 0.2) is 12.7 Å². The molecule has 1 aromatic rings. The topological polar surface area (TPSA) is 50.9 Å². The van der Waals surface area contributed by atoms with Crippen molar-refractivity contribution < 1.29 is 13.9 Å². The summed E-state index contributed by atoms with van der Waals surface area (Å²) in [6.45, 7) is -0.405. The van der Waals surface area contributed by atoms with E-state index in [-0.39, 0.29) is 6.54 Å². The molecule has 0 aliphatic heterocycles. The van der Waals surface area contributed by atoms with Crippen molar-refractivity contribution in [2.24, 2.45) is 5.41 Å². The Labute approximate surface area is 80.6 Å². The van der Waals surface area contributed by atoms with E-state index < -0.39 is 24.9 Å². The Morgan fingerprint density at radius 3 is 2.57 bits per heavy atom. The van der Waals surface area contributed by atoms with Crippen LogP contribution in [0.5, 0.6) is 0 Å². The highest BCUT2D eigenvalue weighted by atomic mass is 19.1. The molecule has 0 radical (unpaired) electrons. The van der Waals surface area contributed by atoms with E-state index in [0.29, 0.717) is 0 Å². The minimum Gasteiger partial charge on any atom is -0.390 e. The van der Waals surface area contributed by atoms with E-state index in [2.05, 4.69) is 10.1 Å². The molecule has 0 aliphatic rings. The zero-order chi connectivity index (χ0) is 10.6. The third kappa shape index (κ3) is 2.25. The van der Waals surface area contributed by atoms with Gasteiger partial charge in [0.25, 0.3) is 0 Å². The first-order valence-corrected chi connectivity index (χ1v) is 4.25. The highest BCUT2D eigenvalue weighted by Gasteiger charge is 2.33. The third-order valence-electron chi connectivity index (χ3n) is 2.24. The van der Waals surface area contributed by atoms with E-state index >= 15 is 0 Å². The van der Waals surface area contributed by atoms with Crippen molar-refractivity contribution in [1.82, 2.24) is 14.8 Å². The smallest absolute Gasteiger partial charge is 0.137 e. The molecule has 0 aliphatic carbocycles.